The summed E-state index contributed by atoms with van der Waals surface area (Å²) in [4.78, 5) is 23.3. The van der Waals surface area contributed by atoms with Crippen LogP contribution in [-0.2, 0) is 21.5 Å². The zero-order valence-corrected chi connectivity index (χ0v) is 12.0. The molecule has 7 heteroatoms. The van der Waals surface area contributed by atoms with Crippen molar-refractivity contribution in [3.63, 3.8) is 0 Å². The van der Waals surface area contributed by atoms with Crippen LogP contribution in [0.4, 0.5) is 0 Å². The number of nitrogens with one attached hydrogen (secondary N) is 1. The number of ether oxygens (including phenoxy) is 1. The lowest BCUT2D eigenvalue weighted by Crippen LogP contribution is -2.29. The fourth-order valence-electron chi connectivity index (χ4n) is 1.72. The number of likely N-dealkylation sites (N-methyl/N-ethyl adjacent to an activating group) is 1. The Bertz CT molecular complexity index is 474. The van der Waals surface area contributed by atoms with Gasteiger partial charge in [-0.05, 0) is 6.92 Å². The molecular formula is C12H20N4O3. The van der Waals surface area contributed by atoms with Gasteiger partial charge in [-0.3, -0.25) is 4.79 Å². The summed E-state index contributed by atoms with van der Waals surface area (Å²) >= 11 is 0. The number of carbonyl (C=O) groups excluding carboxylic acids is 2. The van der Waals surface area contributed by atoms with Crippen molar-refractivity contribution >= 4 is 11.9 Å². The summed E-state index contributed by atoms with van der Waals surface area (Å²) in [6.07, 6.45) is 0. The van der Waals surface area contributed by atoms with Gasteiger partial charge in [-0.1, -0.05) is 26.0 Å². The van der Waals surface area contributed by atoms with Crippen LogP contribution < -0.4 is 5.32 Å². The maximum absolute atomic E-state index is 11.8. The monoisotopic (exact) mass is 268 g/mol. The zero-order valence-electron chi connectivity index (χ0n) is 12.0. The molecule has 1 amide bonds. The van der Waals surface area contributed by atoms with E-state index >= 15 is 0 Å². The molecule has 1 rings (SSSR count). The Hall–Kier alpha value is -1.92. The van der Waals surface area contributed by atoms with Crippen molar-refractivity contribution in [3.8, 4) is 0 Å². The van der Waals surface area contributed by atoms with E-state index in [9.17, 15) is 9.59 Å². The fourth-order valence-corrected chi connectivity index (χ4v) is 1.72. The molecule has 1 aromatic rings. The first kappa shape index (κ1) is 15.1. The van der Waals surface area contributed by atoms with Gasteiger partial charge in [-0.25, -0.2) is 9.48 Å². The molecule has 0 aliphatic rings. The van der Waals surface area contributed by atoms with Crippen LogP contribution in [0.3, 0.4) is 0 Å². The lowest BCUT2D eigenvalue weighted by Gasteiger charge is -2.20. The van der Waals surface area contributed by atoms with Gasteiger partial charge in [0.25, 0.3) is 0 Å². The van der Waals surface area contributed by atoms with E-state index in [2.05, 4.69) is 15.6 Å². The summed E-state index contributed by atoms with van der Waals surface area (Å²) in [5.41, 5.74) is 0.382. The number of hydrogen-bond acceptors (Lipinski definition) is 5. The molecule has 0 fully saturated rings. The Morgan fingerprint density at radius 1 is 1.37 bits per heavy atom. The Labute approximate surface area is 112 Å². The third-order valence-electron chi connectivity index (χ3n) is 2.49. The van der Waals surface area contributed by atoms with Crippen LogP contribution in [0.1, 0.15) is 43.9 Å². The lowest BCUT2D eigenvalue weighted by molar-refractivity contribution is -0.121. The van der Waals surface area contributed by atoms with Gasteiger partial charge in [0.1, 0.15) is 6.54 Å². The molecule has 0 bridgehead atoms. The number of rotatable bonds is 4. The van der Waals surface area contributed by atoms with Gasteiger partial charge in [0.15, 0.2) is 5.69 Å². The minimum absolute atomic E-state index is 0.0233. The highest BCUT2D eigenvalue weighted by atomic mass is 16.5. The molecule has 0 saturated carbocycles. The predicted molar refractivity (Wildman–Crippen MR) is 68.7 cm³/mol. The van der Waals surface area contributed by atoms with E-state index in [0.29, 0.717) is 5.69 Å². The van der Waals surface area contributed by atoms with Crippen molar-refractivity contribution in [3.05, 3.63) is 11.4 Å². The third-order valence-corrected chi connectivity index (χ3v) is 2.49. The zero-order chi connectivity index (χ0) is 14.6. The second-order valence-corrected chi connectivity index (χ2v) is 5.09. The highest BCUT2D eigenvalue weighted by Crippen LogP contribution is 2.25. The van der Waals surface area contributed by atoms with Gasteiger partial charge in [0.2, 0.25) is 5.91 Å². The quantitative estimate of drug-likeness (QED) is 0.803. The number of esters is 1. The van der Waals surface area contributed by atoms with E-state index in [-0.39, 0.29) is 30.2 Å². The minimum Gasteiger partial charge on any atom is -0.461 e. The van der Waals surface area contributed by atoms with E-state index in [1.54, 1.807) is 14.0 Å². The van der Waals surface area contributed by atoms with Crippen LogP contribution in [0.2, 0.25) is 0 Å². The first-order valence-electron chi connectivity index (χ1n) is 6.13. The number of nitrogens with zero attached hydrogens (tertiary/aromatic N) is 3. The third kappa shape index (κ3) is 3.52. The average Bonchev–Trinajstić information content (AvgIpc) is 2.72. The highest BCUT2D eigenvalue weighted by Gasteiger charge is 2.30. The van der Waals surface area contributed by atoms with Gasteiger partial charge >= 0.3 is 5.97 Å². The number of amides is 1. The topological polar surface area (TPSA) is 86.1 Å². The maximum atomic E-state index is 11.8. The molecule has 0 atom stereocenters. The highest BCUT2D eigenvalue weighted by molar-refractivity contribution is 5.89. The first-order valence-corrected chi connectivity index (χ1v) is 6.13. The normalized spacial score (nSPS) is 11.2. The van der Waals surface area contributed by atoms with E-state index in [1.165, 1.54) is 4.68 Å². The van der Waals surface area contributed by atoms with Crippen LogP contribution in [0, 0.1) is 0 Å². The predicted octanol–water partition coefficient (Wildman–Crippen LogP) is 0.498. The molecule has 0 saturated heterocycles. The van der Waals surface area contributed by atoms with Crippen molar-refractivity contribution in [1.82, 2.24) is 20.3 Å². The van der Waals surface area contributed by atoms with Gasteiger partial charge in [-0.15, -0.1) is 5.10 Å². The molecule has 0 aliphatic heterocycles. The maximum Gasteiger partial charge on any atom is 0.360 e. The van der Waals surface area contributed by atoms with E-state index in [0.717, 1.165) is 0 Å². The van der Waals surface area contributed by atoms with E-state index in [4.69, 9.17) is 4.74 Å². The second kappa shape index (κ2) is 5.81. The Kier molecular flexibility index (Phi) is 4.63. The molecule has 1 N–H and O–H groups in total. The number of carbonyl (C=O) groups is 2. The molecule has 0 aromatic carbocycles. The molecule has 1 heterocycles. The summed E-state index contributed by atoms with van der Waals surface area (Å²) < 4.78 is 6.39. The molecular weight excluding hydrogens is 248 g/mol. The molecule has 106 valence electrons. The molecule has 0 aliphatic carbocycles. The van der Waals surface area contributed by atoms with Crippen LogP contribution >= 0.6 is 0 Å². The SMILES string of the molecule is CCOC(=O)c1nnn(CC(=O)NC)c1C(C)(C)C. The molecule has 0 unspecified atom stereocenters. The van der Waals surface area contributed by atoms with Crippen LogP contribution in [0.25, 0.3) is 0 Å². The van der Waals surface area contributed by atoms with Crippen molar-refractivity contribution < 1.29 is 14.3 Å². The molecule has 19 heavy (non-hydrogen) atoms. The number of aromatic nitrogens is 3. The fraction of sp³-hybridized carbons (Fsp3) is 0.667. The Morgan fingerprint density at radius 2 is 2.00 bits per heavy atom. The van der Waals surface area contributed by atoms with Crippen molar-refractivity contribution in [2.24, 2.45) is 0 Å². The summed E-state index contributed by atoms with van der Waals surface area (Å²) in [6, 6.07) is 0. The van der Waals surface area contributed by atoms with E-state index in [1.807, 2.05) is 20.8 Å². The molecule has 0 radical (unpaired) electrons. The number of hydrogen-bond donors (Lipinski definition) is 1. The van der Waals surface area contributed by atoms with Crippen LogP contribution in [0.15, 0.2) is 0 Å². The molecule has 1 aromatic heterocycles. The van der Waals surface area contributed by atoms with Crippen molar-refractivity contribution in [2.45, 2.75) is 39.7 Å². The smallest absolute Gasteiger partial charge is 0.360 e. The lowest BCUT2D eigenvalue weighted by atomic mass is 9.90. The standard InChI is InChI=1S/C12H20N4O3/c1-6-19-11(18)9-10(12(2,3)4)16(15-14-9)7-8(17)13-5/h6-7H2,1-5H3,(H,13,17). The first-order chi connectivity index (χ1) is 8.81. The largest absolute Gasteiger partial charge is 0.461 e. The van der Waals surface area contributed by atoms with Crippen LogP contribution in [-0.4, -0.2) is 40.5 Å². The summed E-state index contributed by atoms with van der Waals surface area (Å²) in [7, 11) is 1.54. The molecule has 7 nitrogen and oxygen atoms in total. The Morgan fingerprint density at radius 3 is 2.47 bits per heavy atom. The second-order valence-electron chi connectivity index (χ2n) is 5.09. The van der Waals surface area contributed by atoms with Crippen LogP contribution in [0.5, 0.6) is 0 Å². The summed E-state index contributed by atoms with van der Waals surface area (Å²) in [6.45, 7) is 7.79. The van der Waals surface area contributed by atoms with Gasteiger partial charge in [-0.2, -0.15) is 0 Å². The van der Waals surface area contributed by atoms with Gasteiger partial charge in [0, 0.05) is 12.5 Å². The van der Waals surface area contributed by atoms with Crippen molar-refractivity contribution in [1.29, 1.82) is 0 Å². The van der Waals surface area contributed by atoms with Gasteiger partial charge in [0.05, 0.1) is 12.3 Å². The summed E-state index contributed by atoms with van der Waals surface area (Å²) in [5.74, 6) is -0.721. The summed E-state index contributed by atoms with van der Waals surface area (Å²) in [5, 5.41) is 10.2. The van der Waals surface area contributed by atoms with Crippen molar-refractivity contribution in [2.75, 3.05) is 13.7 Å². The van der Waals surface area contributed by atoms with E-state index < -0.39 is 5.97 Å². The minimum atomic E-state index is -0.518. The average molecular weight is 268 g/mol. The molecule has 0 spiro atoms. The Balaban J connectivity index is 3.20. The van der Waals surface area contributed by atoms with Gasteiger partial charge < -0.3 is 10.1 Å².